The Morgan fingerprint density at radius 1 is 0.792 bits per heavy atom. The van der Waals surface area contributed by atoms with Gasteiger partial charge in [-0.25, -0.2) is 0 Å². The van der Waals surface area contributed by atoms with Crippen LogP contribution in [0.25, 0.3) is 10.8 Å². The summed E-state index contributed by atoms with van der Waals surface area (Å²) in [7, 11) is 0. The van der Waals surface area contributed by atoms with E-state index < -0.39 is 0 Å². The molecule has 0 saturated heterocycles. The van der Waals surface area contributed by atoms with Crippen LogP contribution >= 0.6 is 0 Å². The SMILES string of the molecule is CC(C)N(C(=O)c1cccc2ccccc12)[C@@H](C)c1ccccc1. The lowest BCUT2D eigenvalue weighted by molar-refractivity contribution is 0.0626. The molecule has 0 saturated carbocycles. The van der Waals surface area contributed by atoms with E-state index in [2.05, 4.69) is 32.9 Å². The Bertz CT molecular complexity index is 833. The van der Waals surface area contributed by atoms with Crippen LogP contribution in [0.5, 0.6) is 0 Å². The first kappa shape index (κ1) is 16.3. The van der Waals surface area contributed by atoms with Gasteiger partial charge in [0.05, 0.1) is 6.04 Å². The molecule has 0 unspecified atom stereocenters. The van der Waals surface area contributed by atoms with Gasteiger partial charge in [-0.15, -0.1) is 0 Å². The summed E-state index contributed by atoms with van der Waals surface area (Å²) in [6.45, 7) is 6.24. The Hall–Kier alpha value is -2.61. The van der Waals surface area contributed by atoms with Crippen LogP contribution in [0.3, 0.4) is 0 Å². The van der Waals surface area contributed by atoms with Crippen molar-refractivity contribution >= 4 is 16.7 Å². The molecule has 24 heavy (non-hydrogen) atoms. The molecule has 0 aliphatic heterocycles. The molecule has 0 spiro atoms. The monoisotopic (exact) mass is 317 g/mol. The lowest BCUT2D eigenvalue weighted by atomic mass is 10.00. The van der Waals surface area contributed by atoms with Crippen molar-refractivity contribution in [3.8, 4) is 0 Å². The molecule has 1 amide bonds. The van der Waals surface area contributed by atoms with Crippen molar-refractivity contribution in [3.05, 3.63) is 83.9 Å². The summed E-state index contributed by atoms with van der Waals surface area (Å²) in [5.74, 6) is 0.0816. The van der Waals surface area contributed by atoms with Gasteiger partial charge in [-0.1, -0.05) is 66.7 Å². The molecule has 0 radical (unpaired) electrons. The summed E-state index contributed by atoms with van der Waals surface area (Å²) in [5, 5.41) is 2.11. The van der Waals surface area contributed by atoms with E-state index >= 15 is 0 Å². The van der Waals surface area contributed by atoms with Gasteiger partial charge in [0.15, 0.2) is 0 Å². The highest BCUT2D eigenvalue weighted by Crippen LogP contribution is 2.27. The number of carbonyl (C=O) groups excluding carboxylic acids is 1. The second-order valence-electron chi connectivity index (χ2n) is 6.42. The van der Waals surface area contributed by atoms with E-state index in [4.69, 9.17) is 0 Å². The normalized spacial score (nSPS) is 12.3. The Balaban J connectivity index is 2.04. The number of amides is 1. The van der Waals surface area contributed by atoms with E-state index in [0.29, 0.717) is 0 Å². The molecular formula is C22H23NO. The predicted molar refractivity (Wildman–Crippen MR) is 100 cm³/mol. The summed E-state index contributed by atoms with van der Waals surface area (Å²) in [4.78, 5) is 15.3. The van der Waals surface area contributed by atoms with E-state index in [-0.39, 0.29) is 18.0 Å². The number of hydrogen-bond donors (Lipinski definition) is 0. The van der Waals surface area contributed by atoms with Gasteiger partial charge in [-0.2, -0.15) is 0 Å². The van der Waals surface area contributed by atoms with Crippen LogP contribution in [0.4, 0.5) is 0 Å². The maximum atomic E-state index is 13.3. The first-order valence-electron chi connectivity index (χ1n) is 8.45. The van der Waals surface area contributed by atoms with Gasteiger partial charge in [-0.05, 0) is 43.2 Å². The molecule has 3 aromatic carbocycles. The molecule has 0 fully saturated rings. The van der Waals surface area contributed by atoms with Crippen molar-refractivity contribution < 1.29 is 4.79 Å². The van der Waals surface area contributed by atoms with Crippen molar-refractivity contribution in [2.24, 2.45) is 0 Å². The maximum absolute atomic E-state index is 13.3. The van der Waals surface area contributed by atoms with Crippen LogP contribution in [-0.4, -0.2) is 16.8 Å². The second kappa shape index (κ2) is 6.88. The number of benzene rings is 3. The van der Waals surface area contributed by atoms with Gasteiger partial charge in [-0.3, -0.25) is 4.79 Å². The third-order valence-electron chi connectivity index (χ3n) is 4.51. The summed E-state index contributed by atoms with van der Waals surface area (Å²) in [6, 6.07) is 24.3. The van der Waals surface area contributed by atoms with E-state index in [1.807, 2.05) is 65.6 Å². The van der Waals surface area contributed by atoms with Crippen molar-refractivity contribution in [1.29, 1.82) is 0 Å². The van der Waals surface area contributed by atoms with Crippen LogP contribution in [0.1, 0.15) is 42.7 Å². The molecule has 0 aromatic heterocycles. The average molecular weight is 317 g/mol. The minimum absolute atomic E-state index is 0.0256. The summed E-state index contributed by atoms with van der Waals surface area (Å²) < 4.78 is 0. The van der Waals surface area contributed by atoms with Crippen molar-refractivity contribution in [1.82, 2.24) is 4.90 Å². The standard InChI is InChI=1S/C22H23NO/c1-16(2)23(17(3)18-10-5-4-6-11-18)22(24)21-15-9-13-19-12-7-8-14-20(19)21/h4-17H,1-3H3/t17-/m0/s1. The fraction of sp³-hybridized carbons (Fsp3) is 0.227. The molecule has 3 aromatic rings. The highest BCUT2D eigenvalue weighted by atomic mass is 16.2. The predicted octanol–water partition coefficient (Wildman–Crippen LogP) is 5.45. The number of rotatable bonds is 4. The van der Waals surface area contributed by atoms with Gasteiger partial charge in [0.2, 0.25) is 0 Å². The van der Waals surface area contributed by atoms with Crippen molar-refractivity contribution in [3.63, 3.8) is 0 Å². The quantitative estimate of drug-likeness (QED) is 0.626. The van der Waals surface area contributed by atoms with Crippen molar-refractivity contribution in [2.45, 2.75) is 32.9 Å². The molecule has 1 atom stereocenters. The Labute approximate surface area is 143 Å². The molecule has 2 heteroatoms. The summed E-state index contributed by atoms with van der Waals surface area (Å²) >= 11 is 0. The van der Waals surface area contributed by atoms with Gasteiger partial charge in [0.1, 0.15) is 0 Å². The molecule has 0 heterocycles. The largest absolute Gasteiger partial charge is 0.329 e. The third-order valence-corrected chi connectivity index (χ3v) is 4.51. The lowest BCUT2D eigenvalue weighted by Crippen LogP contribution is -2.39. The average Bonchev–Trinajstić information content (AvgIpc) is 2.61. The Kier molecular flexibility index (Phi) is 4.66. The number of nitrogens with zero attached hydrogens (tertiary/aromatic N) is 1. The van der Waals surface area contributed by atoms with E-state index in [1.54, 1.807) is 0 Å². The topological polar surface area (TPSA) is 20.3 Å². The highest BCUT2D eigenvalue weighted by Gasteiger charge is 2.26. The lowest BCUT2D eigenvalue weighted by Gasteiger charge is -2.33. The molecule has 0 bridgehead atoms. The fourth-order valence-corrected chi connectivity index (χ4v) is 3.30. The summed E-state index contributed by atoms with van der Waals surface area (Å²) in [5.41, 5.74) is 1.92. The van der Waals surface area contributed by atoms with Crippen LogP contribution in [-0.2, 0) is 0 Å². The zero-order valence-electron chi connectivity index (χ0n) is 14.4. The number of hydrogen-bond acceptors (Lipinski definition) is 1. The van der Waals surface area contributed by atoms with Crippen LogP contribution < -0.4 is 0 Å². The highest BCUT2D eigenvalue weighted by molar-refractivity contribution is 6.07. The van der Waals surface area contributed by atoms with E-state index in [9.17, 15) is 4.79 Å². The smallest absolute Gasteiger partial charge is 0.255 e. The van der Waals surface area contributed by atoms with Crippen LogP contribution in [0.2, 0.25) is 0 Å². The maximum Gasteiger partial charge on any atom is 0.255 e. The molecule has 122 valence electrons. The summed E-state index contributed by atoms with van der Waals surface area (Å²) in [6.07, 6.45) is 0. The van der Waals surface area contributed by atoms with E-state index in [1.165, 1.54) is 0 Å². The molecule has 0 aliphatic rings. The first-order valence-corrected chi connectivity index (χ1v) is 8.45. The van der Waals surface area contributed by atoms with Crippen molar-refractivity contribution in [2.75, 3.05) is 0 Å². The Morgan fingerprint density at radius 3 is 2.12 bits per heavy atom. The fourth-order valence-electron chi connectivity index (χ4n) is 3.30. The zero-order chi connectivity index (χ0) is 17.1. The van der Waals surface area contributed by atoms with E-state index in [0.717, 1.165) is 21.9 Å². The second-order valence-corrected chi connectivity index (χ2v) is 6.42. The Morgan fingerprint density at radius 2 is 1.42 bits per heavy atom. The van der Waals surface area contributed by atoms with Gasteiger partial charge in [0, 0.05) is 11.6 Å². The van der Waals surface area contributed by atoms with Crippen LogP contribution in [0.15, 0.2) is 72.8 Å². The van der Waals surface area contributed by atoms with Gasteiger partial charge < -0.3 is 4.90 Å². The molecule has 0 N–H and O–H groups in total. The molecule has 3 rings (SSSR count). The van der Waals surface area contributed by atoms with Gasteiger partial charge >= 0.3 is 0 Å². The molecular weight excluding hydrogens is 294 g/mol. The third kappa shape index (κ3) is 3.05. The van der Waals surface area contributed by atoms with Gasteiger partial charge in [0.25, 0.3) is 5.91 Å². The minimum atomic E-state index is 0.0256. The number of fused-ring (bicyclic) bond motifs is 1. The minimum Gasteiger partial charge on any atom is -0.329 e. The first-order chi connectivity index (χ1) is 11.6. The molecule has 0 aliphatic carbocycles. The zero-order valence-corrected chi connectivity index (χ0v) is 14.4. The number of carbonyl (C=O) groups is 1. The van der Waals surface area contributed by atoms with Crippen LogP contribution in [0, 0.1) is 0 Å². The molecule has 2 nitrogen and oxygen atoms in total.